The van der Waals surface area contributed by atoms with Gasteiger partial charge in [-0.3, -0.25) is 10.2 Å². The lowest BCUT2D eigenvalue weighted by molar-refractivity contribution is -0.114. The van der Waals surface area contributed by atoms with Crippen molar-refractivity contribution in [2.24, 2.45) is 11.6 Å². The Bertz CT molecular complexity index is 101. The summed E-state index contributed by atoms with van der Waals surface area (Å²) in [6.45, 7) is 0. The van der Waals surface area contributed by atoms with Gasteiger partial charge in [-0.2, -0.15) is 0 Å². The molecule has 7 heavy (non-hydrogen) atoms. The van der Waals surface area contributed by atoms with Crippen LogP contribution in [0.3, 0.4) is 0 Å². The Kier molecular flexibility index (Phi) is 2.24. The third-order valence-electron chi connectivity index (χ3n) is 0.355. The normalized spacial score (nSPS) is 7.57. The summed E-state index contributed by atoms with van der Waals surface area (Å²) in [6.07, 6.45) is 0. The predicted octanol–water partition coefficient (Wildman–Crippen LogP) is -1.74. The summed E-state index contributed by atoms with van der Waals surface area (Å²) >= 11 is 4.20. The number of hydrazine groups is 1. The third kappa shape index (κ3) is 2.07. The number of carbonyl (C=O) groups excluding carboxylic acids is 1. The standard InChI is InChI=1S/C2H5N3OS/c3-1(7)2(6)5-4/h4H2,(H2,3,7)(H,5,6). The van der Waals surface area contributed by atoms with Crippen molar-refractivity contribution in [2.45, 2.75) is 0 Å². The smallest absolute Gasteiger partial charge is 0.292 e. The SMILES string of the molecule is NNC(=O)C(N)=S. The Morgan fingerprint density at radius 2 is 2.14 bits per heavy atom. The molecule has 0 radical (unpaired) electrons. The van der Waals surface area contributed by atoms with Crippen LogP contribution in [-0.2, 0) is 4.79 Å². The molecule has 0 bridgehead atoms. The summed E-state index contributed by atoms with van der Waals surface area (Å²) in [6, 6.07) is 0. The maximum atomic E-state index is 10.0. The van der Waals surface area contributed by atoms with Crippen molar-refractivity contribution in [3.63, 3.8) is 0 Å². The molecule has 0 fully saturated rings. The molecule has 0 unspecified atom stereocenters. The molecule has 5 N–H and O–H groups in total. The molecule has 1 amide bonds. The van der Waals surface area contributed by atoms with Crippen molar-refractivity contribution in [1.82, 2.24) is 5.43 Å². The van der Waals surface area contributed by atoms with Crippen molar-refractivity contribution in [1.29, 1.82) is 0 Å². The summed E-state index contributed by atoms with van der Waals surface area (Å²) in [5.41, 5.74) is 6.55. The second-order valence-electron chi connectivity index (χ2n) is 0.838. The van der Waals surface area contributed by atoms with Crippen LogP contribution in [0.25, 0.3) is 0 Å². The first-order valence-corrected chi connectivity index (χ1v) is 1.89. The molecule has 5 heteroatoms. The summed E-state index contributed by atoms with van der Waals surface area (Å²) in [7, 11) is 0. The maximum absolute atomic E-state index is 10.0. The van der Waals surface area contributed by atoms with Crippen molar-refractivity contribution in [3.8, 4) is 0 Å². The van der Waals surface area contributed by atoms with E-state index in [1.54, 1.807) is 5.43 Å². The molecule has 0 aliphatic heterocycles. The summed E-state index contributed by atoms with van der Waals surface area (Å²) < 4.78 is 0. The van der Waals surface area contributed by atoms with Gasteiger partial charge in [-0.1, -0.05) is 12.2 Å². The quantitative estimate of drug-likeness (QED) is 0.153. The average Bonchev–Trinajstić information content (AvgIpc) is 1.65. The monoisotopic (exact) mass is 119 g/mol. The van der Waals surface area contributed by atoms with E-state index in [9.17, 15) is 4.79 Å². The number of nitrogens with two attached hydrogens (primary N) is 2. The fourth-order valence-corrected chi connectivity index (χ4v) is 0.130. The Morgan fingerprint density at radius 3 is 2.14 bits per heavy atom. The highest BCUT2D eigenvalue weighted by Gasteiger charge is 1.96. The van der Waals surface area contributed by atoms with Crippen molar-refractivity contribution in [3.05, 3.63) is 0 Å². The second kappa shape index (κ2) is 2.49. The van der Waals surface area contributed by atoms with E-state index < -0.39 is 5.91 Å². The van der Waals surface area contributed by atoms with Crippen LogP contribution in [0, 0.1) is 0 Å². The molecule has 4 nitrogen and oxygen atoms in total. The van der Waals surface area contributed by atoms with Gasteiger partial charge in [0.15, 0.2) is 4.99 Å². The molecule has 0 aromatic rings. The van der Waals surface area contributed by atoms with Crippen molar-refractivity contribution >= 4 is 23.1 Å². The topological polar surface area (TPSA) is 81.1 Å². The van der Waals surface area contributed by atoms with Crippen molar-refractivity contribution < 1.29 is 4.79 Å². The number of rotatable bonds is 0. The van der Waals surface area contributed by atoms with E-state index >= 15 is 0 Å². The van der Waals surface area contributed by atoms with E-state index in [-0.39, 0.29) is 4.99 Å². The zero-order valence-electron chi connectivity index (χ0n) is 3.47. The fourth-order valence-electron chi connectivity index (χ4n) is 0.0711. The molecular weight excluding hydrogens is 114 g/mol. The van der Waals surface area contributed by atoms with Gasteiger partial charge in [0.05, 0.1) is 0 Å². The summed E-state index contributed by atoms with van der Waals surface area (Å²) in [4.78, 5) is 9.76. The number of hydrogen-bond donors (Lipinski definition) is 3. The van der Waals surface area contributed by atoms with Crippen LogP contribution >= 0.6 is 12.2 Å². The molecule has 0 aliphatic rings. The first-order valence-electron chi connectivity index (χ1n) is 1.49. The van der Waals surface area contributed by atoms with E-state index in [0.29, 0.717) is 0 Å². The highest BCUT2D eigenvalue weighted by molar-refractivity contribution is 7.81. The van der Waals surface area contributed by atoms with E-state index in [0.717, 1.165) is 0 Å². The van der Waals surface area contributed by atoms with Gasteiger partial charge < -0.3 is 5.73 Å². The maximum Gasteiger partial charge on any atom is 0.292 e. The fraction of sp³-hybridized carbons (Fsp3) is 0. The van der Waals surface area contributed by atoms with Crippen molar-refractivity contribution in [2.75, 3.05) is 0 Å². The molecule has 0 spiro atoms. The number of thiocarbonyl (C=S) groups is 1. The highest BCUT2D eigenvalue weighted by Crippen LogP contribution is 1.59. The molecule has 0 rings (SSSR count). The van der Waals surface area contributed by atoms with E-state index in [2.05, 4.69) is 18.1 Å². The van der Waals surface area contributed by atoms with Crippen LogP contribution in [0.5, 0.6) is 0 Å². The largest absolute Gasteiger partial charge is 0.385 e. The molecule has 0 saturated carbocycles. The molecule has 0 aromatic heterocycles. The Morgan fingerprint density at radius 1 is 1.71 bits per heavy atom. The first-order chi connectivity index (χ1) is 3.18. The molecule has 0 heterocycles. The zero-order valence-corrected chi connectivity index (χ0v) is 4.29. The first kappa shape index (κ1) is 6.32. The predicted molar refractivity (Wildman–Crippen MR) is 29.1 cm³/mol. The number of nitrogens with one attached hydrogen (secondary N) is 1. The molecular formula is C2H5N3OS. The van der Waals surface area contributed by atoms with E-state index in [4.69, 9.17) is 5.73 Å². The van der Waals surface area contributed by atoms with Gasteiger partial charge >= 0.3 is 0 Å². The van der Waals surface area contributed by atoms with Crippen LogP contribution in [0.1, 0.15) is 0 Å². The lowest BCUT2D eigenvalue weighted by Gasteiger charge is -1.90. The van der Waals surface area contributed by atoms with Gasteiger partial charge in [0, 0.05) is 0 Å². The van der Waals surface area contributed by atoms with Gasteiger partial charge in [-0.05, 0) is 0 Å². The minimum atomic E-state index is -0.616. The van der Waals surface area contributed by atoms with Gasteiger partial charge in [-0.25, -0.2) is 5.84 Å². The molecule has 0 atom stereocenters. The highest BCUT2D eigenvalue weighted by atomic mass is 32.1. The minimum absolute atomic E-state index is 0.248. The summed E-state index contributed by atoms with van der Waals surface area (Å²) in [5.74, 6) is 3.99. The second-order valence-corrected chi connectivity index (χ2v) is 1.28. The molecule has 0 aliphatic carbocycles. The van der Waals surface area contributed by atoms with Gasteiger partial charge in [0.2, 0.25) is 0 Å². The number of carbonyl (C=O) groups is 1. The average molecular weight is 119 g/mol. The molecule has 40 valence electrons. The van der Waals surface area contributed by atoms with Crippen LogP contribution in [0.4, 0.5) is 0 Å². The van der Waals surface area contributed by atoms with Gasteiger partial charge in [0.25, 0.3) is 5.91 Å². The number of amides is 1. The Balaban J connectivity index is 3.58. The van der Waals surface area contributed by atoms with Gasteiger partial charge in [-0.15, -0.1) is 0 Å². The van der Waals surface area contributed by atoms with Gasteiger partial charge in [0.1, 0.15) is 0 Å². The van der Waals surface area contributed by atoms with Crippen LogP contribution < -0.4 is 17.0 Å². The Labute approximate surface area is 45.8 Å². The summed E-state index contributed by atoms with van der Waals surface area (Å²) in [5, 5.41) is 0. The molecule has 0 saturated heterocycles. The van der Waals surface area contributed by atoms with E-state index in [1.807, 2.05) is 0 Å². The van der Waals surface area contributed by atoms with Crippen LogP contribution in [0.2, 0.25) is 0 Å². The van der Waals surface area contributed by atoms with E-state index in [1.165, 1.54) is 0 Å². The minimum Gasteiger partial charge on any atom is -0.385 e. The third-order valence-corrected chi connectivity index (χ3v) is 0.540. The van der Waals surface area contributed by atoms with Crippen LogP contribution in [-0.4, -0.2) is 10.9 Å². The number of hydrogen-bond acceptors (Lipinski definition) is 3. The lowest BCUT2D eigenvalue weighted by Crippen LogP contribution is -2.39. The lowest BCUT2D eigenvalue weighted by atomic mass is 10.6. The Hall–Kier alpha value is -0.680. The van der Waals surface area contributed by atoms with Crippen LogP contribution in [0.15, 0.2) is 0 Å². The molecule has 0 aromatic carbocycles. The zero-order chi connectivity index (χ0) is 5.86.